The molecule has 2 aliphatic heterocycles. The number of likely N-dealkylation sites (tertiary alicyclic amines) is 1. The van der Waals surface area contributed by atoms with Crippen LogP contribution in [0.15, 0.2) is 18.2 Å². The smallest absolute Gasteiger partial charge is 0.255 e. The van der Waals surface area contributed by atoms with E-state index >= 15 is 0 Å². The van der Waals surface area contributed by atoms with Crippen LogP contribution in [0, 0.1) is 0 Å². The number of nitrogens with one attached hydrogen (secondary N) is 1. The van der Waals surface area contributed by atoms with E-state index in [9.17, 15) is 4.79 Å². The number of rotatable bonds is 2. The van der Waals surface area contributed by atoms with E-state index in [1.165, 1.54) is 0 Å². The van der Waals surface area contributed by atoms with Crippen molar-refractivity contribution in [1.82, 2.24) is 25.0 Å². The third-order valence-corrected chi connectivity index (χ3v) is 5.52. The Kier molecular flexibility index (Phi) is 6.07. The number of aromatic nitrogens is 3. The Morgan fingerprint density at radius 1 is 1.15 bits per heavy atom. The summed E-state index contributed by atoms with van der Waals surface area (Å²) in [4.78, 5) is 14.6. The number of hydrogen-bond donors (Lipinski definition) is 1. The maximum absolute atomic E-state index is 12.7. The summed E-state index contributed by atoms with van der Waals surface area (Å²) in [6.45, 7) is 4.01. The average molecular weight is 417 g/mol. The molecule has 0 atom stereocenters. The Bertz CT molecular complexity index is 802. The number of amides is 1. The van der Waals surface area contributed by atoms with Crippen molar-refractivity contribution in [3.8, 4) is 0 Å². The number of carbonyl (C=O) groups is 1. The minimum absolute atomic E-state index is 0. The Balaban J connectivity index is 0.00000196. The van der Waals surface area contributed by atoms with Gasteiger partial charge in [-0.05, 0) is 31.0 Å². The lowest BCUT2D eigenvalue weighted by Gasteiger charge is -2.32. The highest BCUT2D eigenvalue weighted by atomic mass is 35.5. The van der Waals surface area contributed by atoms with Gasteiger partial charge in [-0.15, -0.1) is 22.6 Å². The summed E-state index contributed by atoms with van der Waals surface area (Å²) in [5.74, 6) is 2.35. The number of fused-ring (bicyclic) bond motifs is 1. The third kappa shape index (κ3) is 3.69. The topological polar surface area (TPSA) is 63.1 Å². The van der Waals surface area contributed by atoms with Gasteiger partial charge in [-0.3, -0.25) is 4.79 Å². The number of piperidine rings is 1. The summed E-state index contributed by atoms with van der Waals surface area (Å²) in [5.41, 5.74) is 0.471. The van der Waals surface area contributed by atoms with E-state index in [0.717, 1.165) is 44.1 Å². The van der Waals surface area contributed by atoms with Crippen LogP contribution in [-0.2, 0) is 13.1 Å². The molecule has 1 aromatic carbocycles. The van der Waals surface area contributed by atoms with Crippen molar-refractivity contribution >= 4 is 41.5 Å². The lowest BCUT2D eigenvalue weighted by molar-refractivity contribution is 0.0710. The van der Waals surface area contributed by atoms with Crippen molar-refractivity contribution < 1.29 is 4.79 Å². The maximum Gasteiger partial charge on any atom is 0.255 e. The Labute approximate surface area is 168 Å². The summed E-state index contributed by atoms with van der Waals surface area (Å²) in [5, 5.41) is 13.0. The molecule has 1 amide bonds. The van der Waals surface area contributed by atoms with E-state index in [1.807, 2.05) is 4.90 Å². The molecule has 140 valence electrons. The van der Waals surface area contributed by atoms with Crippen molar-refractivity contribution in [3.05, 3.63) is 45.5 Å². The number of halogens is 3. The number of carbonyl (C=O) groups excluding carboxylic acids is 1. The minimum Gasteiger partial charge on any atom is -0.339 e. The normalized spacial score (nSPS) is 17.5. The van der Waals surface area contributed by atoms with Gasteiger partial charge in [0, 0.05) is 37.1 Å². The average Bonchev–Trinajstić information content (AvgIpc) is 3.07. The van der Waals surface area contributed by atoms with Crippen molar-refractivity contribution in [2.45, 2.75) is 31.8 Å². The molecule has 0 bridgehead atoms. The van der Waals surface area contributed by atoms with Gasteiger partial charge >= 0.3 is 0 Å². The highest BCUT2D eigenvalue weighted by Crippen LogP contribution is 2.30. The fourth-order valence-corrected chi connectivity index (χ4v) is 3.96. The van der Waals surface area contributed by atoms with E-state index in [-0.39, 0.29) is 18.3 Å². The zero-order chi connectivity index (χ0) is 17.4. The van der Waals surface area contributed by atoms with Crippen LogP contribution in [0.1, 0.15) is 40.8 Å². The maximum atomic E-state index is 12.7. The molecule has 0 spiro atoms. The number of nitrogens with zero attached hydrogens (tertiary/aromatic N) is 4. The second-order valence-corrected chi connectivity index (χ2v) is 7.34. The van der Waals surface area contributed by atoms with Crippen LogP contribution in [0.4, 0.5) is 0 Å². The van der Waals surface area contributed by atoms with Crippen LogP contribution < -0.4 is 5.32 Å². The van der Waals surface area contributed by atoms with Gasteiger partial charge < -0.3 is 14.8 Å². The zero-order valence-electron chi connectivity index (χ0n) is 14.1. The second-order valence-electron chi connectivity index (χ2n) is 6.49. The first-order valence-electron chi connectivity index (χ1n) is 8.50. The Morgan fingerprint density at radius 2 is 1.92 bits per heavy atom. The highest BCUT2D eigenvalue weighted by Gasteiger charge is 2.29. The van der Waals surface area contributed by atoms with Crippen LogP contribution in [0.25, 0.3) is 0 Å². The second kappa shape index (κ2) is 8.13. The van der Waals surface area contributed by atoms with Crippen molar-refractivity contribution in [3.63, 3.8) is 0 Å². The fourth-order valence-electron chi connectivity index (χ4n) is 3.59. The highest BCUT2D eigenvalue weighted by molar-refractivity contribution is 6.35. The molecule has 0 radical (unpaired) electrons. The minimum atomic E-state index is -0.0570. The van der Waals surface area contributed by atoms with Crippen LogP contribution >= 0.6 is 35.6 Å². The Hall–Kier alpha value is -1.34. The fraction of sp³-hybridized carbons (Fsp3) is 0.471. The molecular weight excluding hydrogens is 397 g/mol. The van der Waals surface area contributed by atoms with E-state index in [2.05, 4.69) is 20.1 Å². The van der Waals surface area contributed by atoms with Gasteiger partial charge in [-0.1, -0.05) is 23.2 Å². The predicted octanol–water partition coefficient (Wildman–Crippen LogP) is 3.13. The first-order valence-corrected chi connectivity index (χ1v) is 9.26. The SMILES string of the molecule is Cl.O=C(c1cc(Cl)ccc1Cl)N1CCC(c2nnc3n2CCNC3)CC1. The molecule has 1 fully saturated rings. The van der Waals surface area contributed by atoms with Crippen LogP contribution in [0.2, 0.25) is 10.0 Å². The summed E-state index contributed by atoms with van der Waals surface area (Å²) in [7, 11) is 0. The van der Waals surface area contributed by atoms with Crippen LogP contribution in [-0.4, -0.2) is 45.2 Å². The van der Waals surface area contributed by atoms with E-state index in [4.69, 9.17) is 23.2 Å². The molecule has 6 nitrogen and oxygen atoms in total. The largest absolute Gasteiger partial charge is 0.339 e. The number of benzene rings is 1. The van der Waals surface area contributed by atoms with Crippen molar-refractivity contribution in [1.29, 1.82) is 0 Å². The summed E-state index contributed by atoms with van der Waals surface area (Å²) in [6, 6.07) is 5.00. The van der Waals surface area contributed by atoms with E-state index in [0.29, 0.717) is 34.6 Å². The molecule has 2 aromatic rings. The van der Waals surface area contributed by atoms with Crippen molar-refractivity contribution in [2.75, 3.05) is 19.6 Å². The van der Waals surface area contributed by atoms with Gasteiger partial charge in [-0.25, -0.2) is 0 Å². The molecular formula is C17H20Cl3N5O. The van der Waals surface area contributed by atoms with Gasteiger partial charge in [0.1, 0.15) is 11.6 Å². The van der Waals surface area contributed by atoms with Gasteiger partial charge in [-0.2, -0.15) is 0 Å². The van der Waals surface area contributed by atoms with E-state index in [1.54, 1.807) is 18.2 Å². The first kappa shape index (κ1) is 19.4. The number of hydrogen-bond acceptors (Lipinski definition) is 4. The predicted molar refractivity (Wildman–Crippen MR) is 103 cm³/mol. The van der Waals surface area contributed by atoms with Gasteiger partial charge in [0.2, 0.25) is 0 Å². The molecule has 0 aliphatic carbocycles. The molecule has 2 aliphatic rings. The molecule has 1 N–H and O–H groups in total. The molecule has 9 heteroatoms. The molecule has 3 heterocycles. The van der Waals surface area contributed by atoms with Gasteiger partial charge in [0.15, 0.2) is 0 Å². The summed E-state index contributed by atoms with van der Waals surface area (Å²) >= 11 is 12.2. The standard InChI is InChI=1S/C17H19Cl2N5O.ClH/c18-12-1-2-14(19)13(9-12)17(25)23-6-3-11(4-7-23)16-22-21-15-10-20-5-8-24(15)16;/h1-2,9,11,20H,3-8,10H2;1H. The van der Waals surface area contributed by atoms with E-state index < -0.39 is 0 Å². The molecule has 26 heavy (non-hydrogen) atoms. The van der Waals surface area contributed by atoms with Crippen molar-refractivity contribution in [2.24, 2.45) is 0 Å². The molecule has 1 saturated heterocycles. The lowest BCUT2D eigenvalue weighted by atomic mass is 9.95. The quantitative estimate of drug-likeness (QED) is 0.817. The zero-order valence-corrected chi connectivity index (χ0v) is 16.4. The third-order valence-electron chi connectivity index (χ3n) is 4.96. The molecule has 0 saturated carbocycles. The summed E-state index contributed by atoms with van der Waals surface area (Å²) in [6.07, 6.45) is 1.77. The Morgan fingerprint density at radius 3 is 2.69 bits per heavy atom. The molecule has 1 aromatic heterocycles. The van der Waals surface area contributed by atoms with Crippen LogP contribution in [0.5, 0.6) is 0 Å². The van der Waals surface area contributed by atoms with Crippen LogP contribution in [0.3, 0.4) is 0 Å². The monoisotopic (exact) mass is 415 g/mol. The molecule has 4 rings (SSSR count). The lowest BCUT2D eigenvalue weighted by Crippen LogP contribution is -2.39. The summed E-state index contributed by atoms with van der Waals surface area (Å²) < 4.78 is 2.23. The van der Waals surface area contributed by atoms with Gasteiger partial charge in [0.05, 0.1) is 17.1 Å². The van der Waals surface area contributed by atoms with Gasteiger partial charge in [0.25, 0.3) is 5.91 Å². The first-order chi connectivity index (χ1) is 12.1. The molecule has 0 unspecified atom stereocenters.